The van der Waals surface area contributed by atoms with E-state index in [2.05, 4.69) is 4.98 Å². The first-order valence-corrected chi connectivity index (χ1v) is 6.08. The molecule has 4 heteroatoms. The number of aromatic nitrogens is 2. The molecule has 1 aromatic heterocycles. The summed E-state index contributed by atoms with van der Waals surface area (Å²) in [6, 6.07) is 9.83. The smallest absolute Gasteiger partial charge is 0.372 e. The maximum absolute atomic E-state index is 11.2. The Morgan fingerprint density at radius 3 is 2.67 bits per heavy atom. The van der Waals surface area contributed by atoms with Gasteiger partial charge in [-0.15, -0.1) is 0 Å². The van der Waals surface area contributed by atoms with Gasteiger partial charge in [0.25, 0.3) is 0 Å². The predicted molar refractivity (Wildman–Crippen MR) is 66.7 cm³/mol. The summed E-state index contributed by atoms with van der Waals surface area (Å²) < 4.78 is 1.73. The Bertz CT molecular complexity index is 571. The van der Waals surface area contributed by atoms with Gasteiger partial charge in [-0.1, -0.05) is 30.3 Å². The van der Waals surface area contributed by atoms with Crippen molar-refractivity contribution in [1.82, 2.24) is 9.55 Å². The van der Waals surface area contributed by atoms with E-state index >= 15 is 0 Å². The van der Waals surface area contributed by atoms with Gasteiger partial charge in [-0.05, 0) is 18.4 Å². The molecule has 1 aliphatic rings. The maximum atomic E-state index is 11.2. The molecular formula is C14H14N2O2. The number of hydrogen-bond donors (Lipinski definition) is 1. The Balaban J connectivity index is 1.92. The van der Waals surface area contributed by atoms with E-state index < -0.39 is 5.97 Å². The van der Waals surface area contributed by atoms with Crippen LogP contribution in [0.1, 0.15) is 40.6 Å². The molecule has 0 atom stereocenters. The van der Waals surface area contributed by atoms with Crippen LogP contribution in [-0.4, -0.2) is 20.6 Å². The molecular weight excluding hydrogens is 228 g/mol. The number of imidazole rings is 1. The van der Waals surface area contributed by atoms with Crippen LogP contribution >= 0.6 is 0 Å². The lowest BCUT2D eigenvalue weighted by Gasteiger charge is -2.04. The van der Waals surface area contributed by atoms with Gasteiger partial charge in [0, 0.05) is 18.7 Å². The van der Waals surface area contributed by atoms with Gasteiger partial charge in [0.15, 0.2) is 0 Å². The first-order valence-electron chi connectivity index (χ1n) is 6.08. The van der Waals surface area contributed by atoms with Crippen molar-refractivity contribution in [3.63, 3.8) is 0 Å². The minimum absolute atomic E-state index is 0.140. The third kappa shape index (κ3) is 2.14. The number of hydrogen-bond acceptors (Lipinski definition) is 2. The van der Waals surface area contributed by atoms with Gasteiger partial charge in [-0.25, -0.2) is 9.78 Å². The fraction of sp³-hybridized carbons (Fsp3) is 0.286. The molecule has 1 fully saturated rings. The van der Waals surface area contributed by atoms with Crippen molar-refractivity contribution >= 4 is 5.97 Å². The average Bonchev–Trinajstić information content (AvgIpc) is 3.12. The number of carbonyl (C=O) groups is 1. The summed E-state index contributed by atoms with van der Waals surface area (Å²) in [6.07, 6.45) is 4.14. The summed E-state index contributed by atoms with van der Waals surface area (Å²) in [5.74, 6) is -0.348. The van der Waals surface area contributed by atoms with Crippen molar-refractivity contribution in [2.24, 2.45) is 0 Å². The summed E-state index contributed by atoms with van der Waals surface area (Å²) in [5.41, 5.74) is 2.00. The van der Waals surface area contributed by atoms with E-state index in [-0.39, 0.29) is 5.82 Å². The normalized spacial score (nSPS) is 14.7. The first kappa shape index (κ1) is 11.0. The van der Waals surface area contributed by atoms with Crippen LogP contribution in [0.15, 0.2) is 36.5 Å². The van der Waals surface area contributed by atoms with Crippen molar-refractivity contribution in [3.05, 3.63) is 53.6 Å². The molecule has 0 bridgehead atoms. The Labute approximate surface area is 105 Å². The third-order valence-corrected chi connectivity index (χ3v) is 3.18. The van der Waals surface area contributed by atoms with E-state index in [1.807, 2.05) is 36.5 Å². The summed E-state index contributed by atoms with van der Waals surface area (Å²) in [4.78, 5) is 15.4. The molecule has 3 rings (SSSR count). The van der Waals surface area contributed by atoms with Crippen molar-refractivity contribution in [3.8, 4) is 0 Å². The average molecular weight is 242 g/mol. The molecule has 1 N–H and O–H groups in total. The summed E-state index contributed by atoms with van der Waals surface area (Å²) >= 11 is 0. The molecule has 4 nitrogen and oxygen atoms in total. The van der Waals surface area contributed by atoms with Crippen molar-refractivity contribution in [2.45, 2.75) is 25.3 Å². The number of rotatable bonds is 4. The highest BCUT2D eigenvalue weighted by atomic mass is 16.4. The molecule has 1 saturated carbocycles. The molecule has 0 radical (unpaired) electrons. The largest absolute Gasteiger partial charge is 0.475 e. The third-order valence-electron chi connectivity index (χ3n) is 3.18. The van der Waals surface area contributed by atoms with Gasteiger partial charge < -0.3 is 9.67 Å². The zero-order valence-corrected chi connectivity index (χ0v) is 9.91. The minimum Gasteiger partial charge on any atom is -0.475 e. The molecule has 0 saturated heterocycles. The van der Waals surface area contributed by atoms with Crippen LogP contribution in [0.2, 0.25) is 0 Å². The molecule has 1 aromatic carbocycles. The standard InChI is InChI=1S/C14H14N2O2/c17-14(18)13-15-12(11-6-7-11)9-16(13)8-10-4-2-1-3-5-10/h1-5,9,11H,6-8H2,(H,17,18). The molecule has 0 spiro atoms. The number of carboxylic acid groups (broad SMARTS) is 1. The number of benzene rings is 1. The maximum Gasteiger partial charge on any atom is 0.372 e. The predicted octanol–water partition coefficient (Wildman–Crippen LogP) is 2.51. The van der Waals surface area contributed by atoms with Gasteiger partial charge in [-0.2, -0.15) is 0 Å². The van der Waals surface area contributed by atoms with Gasteiger partial charge in [0.05, 0.1) is 5.69 Å². The second-order valence-electron chi connectivity index (χ2n) is 4.68. The molecule has 92 valence electrons. The minimum atomic E-state index is -0.960. The summed E-state index contributed by atoms with van der Waals surface area (Å²) in [6.45, 7) is 0.558. The Hall–Kier alpha value is -2.10. The molecule has 18 heavy (non-hydrogen) atoms. The van der Waals surface area contributed by atoms with Crippen LogP contribution in [-0.2, 0) is 6.54 Å². The lowest BCUT2D eigenvalue weighted by atomic mass is 10.2. The van der Waals surface area contributed by atoms with Crippen LogP contribution < -0.4 is 0 Å². The zero-order chi connectivity index (χ0) is 12.5. The van der Waals surface area contributed by atoms with E-state index in [9.17, 15) is 9.90 Å². The van der Waals surface area contributed by atoms with E-state index in [1.54, 1.807) is 4.57 Å². The molecule has 0 amide bonds. The summed E-state index contributed by atoms with van der Waals surface area (Å²) in [5, 5.41) is 9.18. The van der Waals surface area contributed by atoms with Crippen molar-refractivity contribution in [2.75, 3.05) is 0 Å². The van der Waals surface area contributed by atoms with E-state index in [4.69, 9.17) is 0 Å². The highest BCUT2D eigenvalue weighted by Gasteiger charge is 2.28. The quantitative estimate of drug-likeness (QED) is 0.896. The van der Waals surface area contributed by atoms with Crippen LogP contribution in [0.25, 0.3) is 0 Å². The lowest BCUT2D eigenvalue weighted by molar-refractivity contribution is 0.0678. The van der Waals surface area contributed by atoms with Crippen molar-refractivity contribution in [1.29, 1.82) is 0 Å². The SMILES string of the molecule is O=C(O)c1nc(C2CC2)cn1Cc1ccccc1. The van der Waals surface area contributed by atoms with Gasteiger partial charge in [0.1, 0.15) is 0 Å². The second-order valence-corrected chi connectivity index (χ2v) is 4.68. The van der Waals surface area contributed by atoms with E-state index in [0.29, 0.717) is 12.5 Å². The van der Waals surface area contributed by atoms with Gasteiger partial charge in [-0.3, -0.25) is 0 Å². The topological polar surface area (TPSA) is 55.1 Å². The van der Waals surface area contributed by atoms with Crippen molar-refractivity contribution < 1.29 is 9.90 Å². The number of aromatic carboxylic acids is 1. The fourth-order valence-electron chi connectivity index (χ4n) is 2.08. The van der Waals surface area contributed by atoms with E-state index in [1.165, 1.54) is 0 Å². The van der Waals surface area contributed by atoms with Gasteiger partial charge in [0.2, 0.25) is 5.82 Å². The first-order chi connectivity index (χ1) is 8.74. The zero-order valence-electron chi connectivity index (χ0n) is 9.91. The highest BCUT2D eigenvalue weighted by Crippen LogP contribution is 2.39. The fourth-order valence-corrected chi connectivity index (χ4v) is 2.08. The van der Waals surface area contributed by atoms with Crippen LogP contribution in [0, 0.1) is 0 Å². The van der Waals surface area contributed by atoms with Crippen LogP contribution in [0.4, 0.5) is 0 Å². The Morgan fingerprint density at radius 1 is 1.33 bits per heavy atom. The second kappa shape index (κ2) is 4.29. The highest BCUT2D eigenvalue weighted by molar-refractivity contribution is 5.83. The molecule has 1 aliphatic carbocycles. The lowest BCUT2D eigenvalue weighted by Crippen LogP contribution is -2.09. The molecule has 0 aliphatic heterocycles. The van der Waals surface area contributed by atoms with Gasteiger partial charge >= 0.3 is 5.97 Å². The summed E-state index contributed by atoms with van der Waals surface area (Å²) in [7, 11) is 0. The number of carboxylic acids is 1. The Morgan fingerprint density at radius 2 is 2.06 bits per heavy atom. The Kier molecular flexibility index (Phi) is 2.63. The van der Waals surface area contributed by atoms with E-state index in [0.717, 1.165) is 24.1 Å². The number of nitrogens with zero attached hydrogens (tertiary/aromatic N) is 2. The molecule has 1 heterocycles. The van der Waals surface area contributed by atoms with Crippen LogP contribution in [0.3, 0.4) is 0 Å². The van der Waals surface area contributed by atoms with Crippen LogP contribution in [0.5, 0.6) is 0 Å². The molecule has 2 aromatic rings. The monoisotopic (exact) mass is 242 g/mol. The molecule has 0 unspecified atom stereocenters.